The van der Waals surface area contributed by atoms with Crippen LogP contribution in [0.2, 0.25) is 0 Å². The monoisotopic (exact) mass is 244 g/mol. The molecule has 0 N–H and O–H groups in total. The van der Waals surface area contributed by atoms with Gasteiger partial charge in [0.15, 0.2) is 0 Å². The zero-order valence-electron chi connectivity index (χ0n) is 12.3. The van der Waals surface area contributed by atoms with E-state index >= 15 is 0 Å². The van der Waals surface area contributed by atoms with Gasteiger partial charge in [-0.2, -0.15) is 0 Å². The molecule has 5 atom stereocenters. The second kappa shape index (κ2) is 8.51. The Balaban J connectivity index is 3.75. The van der Waals surface area contributed by atoms with E-state index in [1.165, 1.54) is 25.7 Å². The third-order valence-corrected chi connectivity index (χ3v) is 3.53. The van der Waals surface area contributed by atoms with Gasteiger partial charge in [-0.05, 0) is 55.0 Å². The van der Waals surface area contributed by atoms with Crippen LogP contribution >= 0.6 is 9.24 Å². The van der Waals surface area contributed by atoms with Crippen molar-refractivity contribution in [1.82, 2.24) is 0 Å². The van der Waals surface area contributed by atoms with Gasteiger partial charge in [-0.3, -0.25) is 0 Å². The molecule has 0 bridgehead atoms. The van der Waals surface area contributed by atoms with Crippen molar-refractivity contribution in [2.24, 2.45) is 23.7 Å². The van der Waals surface area contributed by atoms with E-state index in [0.717, 1.165) is 29.3 Å². The van der Waals surface area contributed by atoms with Gasteiger partial charge in [-0.25, -0.2) is 0 Å². The van der Waals surface area contributed by atoms with E-state index in [1.807, 2.05) is 0 Å². The zero-order chi connectivity index (χ0) is 12.7. The summed E-state index contributed by atoms with van der Waals surface area (Å²) in [5.74, 6) is 3.53. The lowest BCUT2D eigenvalue weighted by molar-refractivity contribution is 0.307. The third kappa shape index (κ3) is 9.64. The summed E-state index contributed by atoms with van der Waals surface area (Å²) < 4.78 is 0. The molecule has 0 aliphatic rings. The lowest BCUT2D eigenvalue weighted by Gasteiger charge is -2.22. The summed E-state index contributed by atoms with van der Waals surface area (Å²) in [6, 6.07) is 0. The molecule has 1 unspecified atom stereocenters. The Morgan fingerprint density at radius 2 is 1.00 bits per heavy atom. The Morgan fingerprint density at radius 1 is 0.625 bits per heavy atom. The normalized spacial score (nSPS) is 19.5. The maximum absolute atomic E-state index is 2.92. The first kappa shape index (κ1) is 16.4. The molecule has 0 aliphatic carbocycles. The maximum atomic E-state index is 2.92. The van der Waals surface area contributed by atoms with Gasteiger partial charge in [0.2, 0.25) is 0 Å². The van der Waals surface area contributed by atoms with Gasteiger partial charge in [-0.15, -0.1) is 9.24 Å². The minimum atomic E-state index is 0.773. The summed E-state index contributed by atoms with van der Waals surface area (Å²) in [6.07, 6.45) is 5.56. The van der Waals surface area contributed by atoms with Crippen molar-refractivity contribution in [3.05, 3.63) is 0 Å². The standard InChI is InChI=1S/C15H33P/c1-11(2)7-12(3)8-13(4)9-14(5)10-15(6)16/h11-15H,7-10,16H2,1-6H3/t12-,13+,14+,15+/m0/s1. The van der Waals surface area contributed by atoms with E-state index in [9.17, 15) is 0 Å². The summed E-state index contributed by atoms with van der Waals surface area (Å²) in [4.78, 5) is 0. The second-order valence-corrected chi connectivity index (χ2v) is 7.77. The highest BCUT2D eigenvalue weighted by atomic mass is 31.0. The summed E-state index contributed by atoms with van der Waals surface area (Å²) in [7, 11) is 2.92. The molecule has 0 heterocycles. The van der Waals surface area contributed by atoms with Crippen molar-refractivity contribution >= 4 is 9.24 Å². The van der Waals surface area contributed by atoms with Crippen molar-refractivity contribution in [2.45, 2.75) is 72.9 Å². The summed E-state index contributed by atoms with van der Waals surface area (Å²) in [5.41, 5.74) is 0.773. The van der Waals surface area contributed by atoms with E-state index in [1.54, 1.807) is 0 Å². The van der Waals surface area contributed by atoms with E-state index in [-0.39, 0.29) is 0 Å². The predicted molar refractivity (Wildman–Crippen MR) is 80.0 cm³/mol. The minimum Gasteiger partial charge on any atom is -0.135 e. The SMILES string of the molecule is CC(C)C[C@H](C)C[C@@H](C)C[C@@H](C)C[C@@H](C)P. The predicted octanol–water partition coefficient (Wildman–Crippen LogP) is 5.37. The van der Waals surface area contributed by atoms with Crippen molar-refractivity contribution < 1.29 is 0 Å². The quantitative estimate of drug-likeness (QED) is 0.503. The Bertz CT molecular complexity index is 145. The smallest absolute Gasteiger partial charge is 0.0290 e. The molecule has 0 saturated heterocycles. The van der Waals surface area contributed by atoms with Gasteiger partial charge in [0.05, 0.1) is 0 Å². The molecule has 0 spiro atoms. The summed E-state index contributed by atoms with van der Waals surface area (Å²) >= 11 is 0. The van der Waals surface area contributed by atoms with Crippen LogP contribution in [0.3, 0.4) is 0 Å². The molecule has 0 amide bonds. The topological polar surface area (TPSA) is 0 Å². The van der Waals surface area contributed by atoms with Crippen molar-refractivity contribution in [3.8, 4) is 0 Å². The molecule has 0 rings (SSSR count). The summed E-state index contributed by atoms with van der Waals surface area (Å²) in [6.45, 7) is 14.2. The fourth-order valence-electron chi connectivity index (χ4n) is 3.10. The van der Waals surface area contributed by atoms with Crippen LogP contribution in [0.15, 0.2) is 0 Å². The van der Waals surface area contributed by atoms with E-state index in [0.29, 0.717) is 0 Å². The molecule has 0 fully saturated rings. The number of hydrogen-bond acceptors (Lipinski definition) is 0. The summed E-state index contributed by atoms with van der Waals surface area (Å²) in [5, 5.41) is 0. The Labute approximate surface area is 106 Å². The molecule has 0 aromatic heterocycles. The third-order valence-electron chi connectivity index (χ3n) is 3.26. The van der Waals surface area contributed by atoms with Crippen LogP contribution in [0.5, 0.6) is 0 Å². The van der Waals surface area contributed by atoms with Gasteiger partial charge in [0.25, 0.3) is 0 Å². The van der Waals surface area contributed by atoms with E-state index in [4.69, 9.17) is 0 Å². The van der Waals surface area contributed by atoms with Crippen molar-refractivity contribution in [1.29, 1.82) is 0 Å². The maximum Gasteiger partial charge on any atom is -0.0290 e. The van der Waals surface area contributed by atoms with Gasteiger partial charge in [0.1, 0.15) is 0 Å². The molecule has 0 aromatic rings. The number of rotatable bonds is 8. The fraction of sp³-hybridized carbons (Fsp3) is 1.00. The number of hydrogen-bond donors (Lipinski definition) is 0. The highest BCUT2D eigenvalue weighted by Crippen LogP contribution is 2.26. The first-order valence-corrected chi connectivity index (χ1v) is 7.73. The Kier molecular flexibility index (Phi) is 8.74. The van der Waals surface area contributed by atoms with Crippen molar-refractivity contribution in [3.63, 3.8) is 0 Å². The van der Waals surface area contributed by atoms with Gasteiger partial charge >= 0.3 is 0 Å². The first-order chi connectivity index (χ1) is 7.31. The molecule has 0 nitrogen and oxygen atoms in total. The average Bonchev–Trinajstić information content (AvgIpc) is 1.97. The minimum absolute atomic E-state index is 0.773. The van der Waals surface area contributed by atoms with Crippen LogP contribution in [0.4, 0.5) is 0 Å². The van der Waals surface area contributed by atoms with Crippen LogP contribution in [0, 0.1) is 23.7 Å². The van der Waals surface area contributed by atoms with Gasteiger partial charge in [0, 0.05) is 0 Å². The van der Waals surface area contributed by atoms with Gasteiger partial charge < -0.3 is 0 Å². The Hall–Kier alpha value is 0.430. The lowest BCUT2D eigenvalue weighted by Crippen LogP contribution is -2.11. The van der Waals surface area contributed by atoms with E-state index < -0.39 is 0 Å². The zero-order valence-corrected chi connectivity index (χ0v) is 13.4. The Morgan fingerprint density at radius 3 is 1.38 bits per heavy atom. The van der Waals surface area contributed by atoms with E-state index in [2.05, 4.69) is 50.8 Å². The molecule has 98 valence electrons. The van der Waals surface area contributed by atoms with Crippen molar-refractivity contribution in [2.75, 3.05) is 0 Å². The lowest BCUT2D eigenvalue weighted by atomic mass is 9.85. The molecule has 16 heavy (non-hydrogen) atoms. The molecular formula is C15H33P. The van der Waals surface area contributed by atoms with Crippen LogP contribution in [-0.4, -0.2) is 5.66 Å². The molecule has 1 heteroatoms. The second-order valence-electron chi connectivity index (χ2n) is 6.63. The van der Waals surface area contributed by atoms with Crippen LogP contribution in [-0.2, 0) is 0 Å². The van der Waals surface area contributed by atoms with Crippen LogP contribution < -0.4 is 0 Å². The molecule has 0 aromatic carbocycles. The highest BCUT2D eigenvalue weighted by molar-refractivity contribution is 7.17. The van der Waals surface area contributed by atoms with Gasteiger partial charge in [-0.1, -0.05) is 41.5 Å². The average molecular weight is 244 g/mol. The largest absolute Gasteiger partial charge is 0.135 e. The molecule has 0 aliphatic heterocycles. The molecule has 0 saturated carbocycles. The van der Waals surface area contributed by atoms with Crippen LogP contribution in [0.25, 0.3) is 0 Å². The highest BCUT2D eigenvalue weighted by Gasteiger charge is 2.14. The molecule has 0 radical (unpaired) electrons. The molecular weight excluding hydrogens is 211 g/mol. The first-order valence-electron chi connectivity index (χ1n) is 7.06. The van der Waals surface area contributed by atoms with Crippen LogP contribution in [0.1, 0.15) is 67.2 Å². The fourth-order valence-corrected chi connectivity index (χ4v) is 3.57.